The van der Waals surface area contributed by atoms with Crippen LogP contribution in [0.1, 0.15) is 12.6 Å². The maximum absolute atomic E-state index is 14.2. The van der Waals surface area contributed by atoms with Crippen LogP contribution >= 0.6 is 11.3 Å². The van der Waals surface area contributed by atoms with E-state index in [-0.39, 0.29) is 17.5 Å². The molecule has 3 aromatic rings. The van der Waals surface area contributed by atoms with E-state index >= 15 is 0 Å². The topological polar surface area (TPSA) is 74.8 Å². The maximum atomic E-state index is 14.2. The van der Waals surface area contributed by atoms with Crippen LogP contribution in [0.5, 0.6) is 0 Å². The Kier molecular flexibility index (Phi) is 7.11. The van der Waals surface area contributed by atoms with Gasteiger partial charge in [-0.05, 0) is 42.5 Å². The first-order valence-corrected chi connectivity index (χ1v) is 11.3. The fraction of sp³-hybridized carbons (Fsp3) is 0.208. The summed E-state index contributed by atoms with van der Waals surface area (Å²) in [4.78, 5) is 32.3. The van der Waals surface area contributed by atoms with Gasteiger partial charge in [0, 0.05) is 42.8 Å². The minimum Gasteiger partial charge on any atom is -0.378 e. The van der Waals surface area contributed by atoms with Gasteiger partial charge in [-0.25, -0.2) is 9.37 Å². The van der Waals surface area contributed by atoms with Crippen LogP contribution in [0.2, 0.25) is 0 Å². The molecule has 9 heteroatoms. The highest BCUT2D eigenvalue weighted by Gasteiger charge is 2.20. The first kappa shape index (κ1) is 22.6. The normalized spacial score (nSPS) is 13.8. The van der Waals surface area contributed by atoms with Gasteiger partial charge in [0.05, 0.1) is 24.6 Å². The van der Waals surface area contributed by atoms with Crippen molar-refractivity contribution >= 4 is 51.4 Å². The molecule has 4 rings (SSSR count). The molecule has 1 aromatic heterocycles. The van der Waals surface area contributed by atoms with Gasteiger partial charge in [-0.1, -0.05) is 12.1 Å². The number of carbonyl (C=O) groups excluding carboxylic acids is 2. The van der Waals surface area contributed by atoms with E-state index in [0.29, 0.717) is 29.7 Å². The highest BCUT2D eigenvalue weighted by molar-refractivity contribution is 7.14. The number of amides is 2. The van der Waals surface area contributed by atoms with Crippen molar-refractivity contribution < 1.29 is 18.7 Å². The van der Waals surface area contributed by atoms with Gasteiger partial charge in [0.25, 0.3) is 0 Å². The summed E-state index contributed by atoms with van der Waals surface area (Å²) >= 11 is 1.19. The lowest BCUT2D eigenvalue weighted by Gasteiger charge is -2.28. The van der Waals surface area contributed by atoms with E-state index < -0.39 is 5.82 Å². The Balaban J connectivity index is 1.39. The van der Waals surface area contributed by atoms with Crippen molar-refractivity contribution in [1.29, 1.82) is 0 Å². The summed E-state index contributed by atoms with van der Waals surface area (Å²) in [6.07, 6.45) is 2.92. The molecule has 1 aliphatic heterocycles. The molecule has 7 nitrogen and oxygen atoms in total. The second-order valence-electron chi connectivity index (χ2n) is 7.33. The molecule has 2 amide bonds. The average molecular weight is 467 g/mol. The van der Waals surface area contributed by atoms with E-state index in [1.807, 2.05) is 24.3 Å². The summed E-state index contributed by atoms with van der Waals surface area (Å²) in [5.41, 5.74) is 2.40. The summed E-state index contributed by atoms with van der Waals surface area (Å²) in [6.45, 7) is 4.48. The Morgan fingerprint density at radius 3 is 2.58 bits per heavy atom. The van der Waals surface area contributed by atoms with Gasteiger partial charge in [-0.3, -0.25) is 14.5 Å². The number of benzene rings is 2. The lowest BCUT2D eigenvalue weighted by atomic mass is 10.2. The zero-order valence-corrected chi connectivity index (χ0v) is 18.8. The predicted octanol–water partition coefficient (Wildman–Crippen LogP) is 4.46. The molecular formula is C24H23FN4O3S. The maximum Gasteiger partial charge on any atom is 0.248 e. The molecule has 0 bridgehead atoms. The number of thiazole rings is 1. The summed E-state index contributed by atoms with van der Waals surface area (Å²) < 4.78 is 19.6. The minimum atomic E-state index is -0.515. The number of aromatic nitrogens is 1. The Morgan fingerprint density at radius 2 is 1.88 bits per heavy atom. The summed E-state index contributed by atoms with van der Waals surface area (Å²) in [5.74, 6) is -1.18. The van der Waals surface area contributed by atoms with E-state index in [1.165, 1.54) is 41.4 Å². The monoisotopic (exact) mass is 466 g/mol. The molecule has 0 saturated carbocycles. The van der Waals surface area contributed by atoms with Crippen LogP contribution in [-0.4, -0.2) is 43.1 Å². The number of nitrogens with zero attached hydrogens (tertiary/aromatic N) is 3. The van der Waals surface area contributed by atoms with Crippen molar-refractivity contribution in [2.24, 2.45) is 0 Å². The molecule has 170 valence electrons. The zero-order valence-electron chi connectivity index (χ0n) is 18.0. The number of nitrogens with one attached hydrogen (secondary N) is 1. The number of carbonyl (C=O) groups is 2. The van der Waals surface area contributed by atoms with Crippen molar-refractivity contribution in [1.82, 2.24) is 4.98 Å². The Morgan fingerprint density at radius 1 is 1.15 bits per heavy atom. The lowest BCUT2D eigenvalue weighted by Crippen LogP contribution is -2.36. The predicted molar refractivity (Wildman–Crippen MR) is 128 cm³/mol. The third-order valence-corrected chi connectivity index (χ3v) is 5.87. The van der Waals surface area contributed by atoms with Crippen molar-refractivity contribution in [3.63, 3.8) is 0 Å². The van der Waals surface area contributed by atoms with Gasteiger partial charge in [0.1, 0.15) is 5.82 Å². The lowest BCUT2D eigenvalue weighted by molar-refractivity contribution is -0.116. The molecular weight excluding hydrogens is 443 g/mol. The average Bonchev–Trinajstić information content (AvgIpc) is 3.28. The van der Waals surface area contributed by atoms with Crippen LogP contribution in [0.15, 0.2) is 60.0 Å². The van der Waals surface area contributed by atoms with Crippen LogP contribution in [0.3, 0.4) is 0 Å². The molecule has 0 aliphatic carbocycles. The van der Waals surface area contributed by atoms with Gasteiger partial charge in [-0.2, -0.15) is 0 Å². The molecule has 2 heterocycles. The highest BCUT2D eigenvalue weighted by atomic mass is 32.1. The molecule has 0 radical (unpaired) electrons. The second-order valence-corrected chi connectivity index (χ2v) is 8.17. The van der Waals surface area contributed by atoms with Crippen LogP contribution < -0.4 is 15.1 Å². The number of hydrogen-bond acceptors (Lipinski definition) is 6. The molecule has 1 saturated heterocycles. The van der Waals surface area contributed by atoms with E-state index in [9.17, 15) is 14.0 Å². The highest BCUT2D eigenvalue weighted by Crippen LogP contribution is 2.31. The number of ether oxygens (including phenoxy) is 1. The standard InChI is InChI=1S/C24H23FN4O3S/c1-17(30)29(22-5-3-2-4-21(22)25)24-27-19(16-33-24)8-11-23(31)26-18-6-9-20(10-7-18)28-12-14-32-15-13-28/h2-11,16H,12-15H2,1H3,(H,26,31)/b11-8+. The Hall–Kier alpha value is -3.56. The molecule has 0 spiro atoms. The fourth-order valence-electron chi connectivity index (χ4n) is 3.42. The van der Waals surface area contributed by atoms with Crippen LogP contribution in [0.4, 0.5) is 26.6 Å². The molecule has 1 aliphatic rings. The molecule has 33 heavy (non-hydrogen) atoms. The van der Waals surface area contributed by atoms with E-state index in [2.05, 4.69) is 15.2 Å². The van der Waals surface area contributed by atoms with Crippen LogP contribution in [-0.2, 0) is 14.3 Å². The Bertz CT molecular complexity index is 1160. The van der Waals surface area contributed by atoms with Gasteiger partial charge in [0.2, 0.25) is 11.8 Å². The fourth-order valence-corrected chi connectivity index (χ4v) is 4.27. The third kappa shape index (κ3) is 5.63. The van der Waals surface area contributed by atoms with Crippen molar-refractivity contribution in [3.05, 3.63) is 71.5 Å². The zero-order chi connectivity index (χ0) is 23.2. The first-order chi connectivity index (χ1) is 16.0. The largest absolute Gasteiger partial charge is 0.378 e. The molecule has 2 aromatic carbocycles. The van der Waals surface area contributed by atoms with Gasteiger partial charge < -0.3 is 15.0 Å². The van der Waals surface area contributed by atoms with Gasteiger partial charge >= 0.3 is 0 Å². The van der Waals surface area contributed by atoms with Crippen LogP contribution in [0, 0.1) is 5.82 Å². The number of halogens is 1. The van der Waals surface area contributed by atoms with E-state index in [1.54, 1.807) is 23.6 Å². The molecule has 0 unspecified atom stereocenters. The van der Waals surface area contributed by atoms with Crippen molar-refractivity contribution in [2.45, 2.75) is 6.92 Å². The number of para-hydroxylation sites is 1. The summed E-state index contributed by atoms with van der Waals surface area (Å²) in [7, 11) is 0. The summed E-state index contributed by atoms with van der Waals surface area (Å²) in [6, 6.07) is 13.7. The third-order valence-electron chi connectivity index (χ3n) is 5.03. The second kappa shape index (κ2) is 10.4. The van der Waals surface area contributed by atoms with E-state index in [4.69, 9.17) is 4.74 Å². The van der Waals surface area contributed by atoms with Crippen LogP contribution in [0.25, 0.3) is 6.08 Å². The molecule has 0 atom stereocenters. The van der Waals surface area contributed by atoms with E-state index in [0.717, 1.165) is 18.8 Å². The van der Waals surface area contributed by atoms with Gasteiger partial charge in [0.15, 0.2) is 5.13 Å². The van der Waals surface area contributed by atoms with Crippen molar-refractivity contribution in [2.75, 3.05) is 41.4 Å². The minimum absolute atomic E-state index is 0.133. The number of morpholine rings is 1. The Labute approximate surface area is 195 Å². The number of hydrogen-bond donors (Lipinski definition) is 1. The van der Waals surface area contributed by atoms with Crippen molar-refractivity contribution in [3.8, 4) is 0 Å². The molecule has 1 fully saturated rings. The number of anilines is 4. The first-order valence-electron chi connectivity index (χ1n) is 10.4. The quantitative estimate of drug-likeness (QED) is 0.543. The SMILES string of the molecule is CC(=O)N(c1nc(/C=C/C(=O)Nc2ccc(N3CCOCC3)cc2)cs1)c1ccccc1F. The van der Waals surface area contributed by atoms with Gasteiger partial charge in [-0.15, -0.1) is 11.3 Å². The number of rotatable bonds is 6. The smallest absolute Gasteiger partial charge is 0.248 e. The molecule has 1 N–H and O–H groups in total. The summed E-state index contributed by atoms with van der Waals surface area (Å²) in [5, 5.41) is 4.84.